The van der Waals surface area contributed by atoms with Crippen LogP contribution in [0.3, 0.4) is 0 Å². The lowest BCUT2D eigenvalue weighted by atomic mass is 10.1. The molecule has 0 saturated carbocycles. The van der Waals surface area contributed by atoms with E-state index in [4.69, 9.17) is 14.7 Å². The van der Waals surface area contributed by atoms with E-state index in [2.05, 4.69) is 4.74 Å². The second-order valence-electron chi connectivity index (χ2n) is 4.68. The number of hydrogen-bond donors (Lipinski definition) is 0. The molecule has 0 N–H and O–H groups in total. The Morgan fingerprint density at radius 3 is 2.67 bits per heavy atom. The fourth-order valence-corrected chi connectivity index (χ4v) is 1.77. The molecule has 1 rings (SSSR count). The minimum absolute atomic E-state index is 0.100. The summed E-state index contributed by atoms with van der Waals surface area (Å²) in [5, 5.41) is 9.09. The van der Waals surface area contributed by atoms with E-state index in [9.17, 15) is 13.6 Å². The highest BCUT2D eigenvalue weighted by Crippen LogP contribution is 2.30. The number of benzene rings is 1. The number of nitriles is 1. The van der Waals surface area contributed by atoms with Gasteiger partial charge in [-0.1, -0.05) is 19.4 Å². The Labute approximate surface area is 139 Å². The van der Waals surface area contributed by atoms with Crippen molar-refractivity contribution in [2.45, 2.75) is 33.3 Å². The van der Waals surface area contributed by atoms with Crippen LogP contribution in [0.1, 0.15) is 32.3 Å². The van der Waals surface area contributed by atoms with Crippen molar-refractivity contribution >= 4 is 12.0 Å². The monoisotopic (exact) mass is 339 g/mol. The smallest absolute Gasteiger partial charge is 0.387 e. The maximum atomic E-state index is 12.4. The first kappa shape index (κ1) is 19.4. The van der Waals surface area contributed by atoms with Crippen LogP contribution >= 0.6 is 0 Å². The van der Waals surface area contributed by atoms with Crippen molar-refractivity contribution in [1.29, 1.82) is 5.26 Å². The summed E-state index contributed by atoms with van der Waals surface area (Å²) in [7, 11) is 0. The lowest BCUT2D eigenvalue weighted by Crippen LogP contribution is -2.08. The lowest BCUT2D eigenvalue weighted by Gasteiger charge is -2.11. The maximum absolute atomic E-state index is 12.4. The predicted molar refractivity (Wildman–Crippen MR) is 83.7 cm³/mol. The van der Waals surface area contributed by atoms with Crippen molar-refractivity contribution in [3.63, 3.8) is 0 Å². The number of ether oxygens (including phenoxy) is 3. The molecular weight excluding hydrogens is 320 g/mol. The van der Waals surface area contributed by atoms with Gasteiger partial charge >= 0.3 is 12.6 Å². The highest BCUT2D eigenvalue weighted by atomic mass is 19.3. The Hall–Kier alpha value is -2.62. The fraction of sp³-hybridized carbons (Fsp3) is 0.412. The topological polar surface area (TPSA) is 68.6 Å². The molecule has 0 saturated heterocycles. The first-order chi connectivity index (χ1) is 11.5. The van der Waals surface area contributed by atoms with Crippen molar-refractivity contribution < 1.29 is 27.8 Å². The third-order valence-corrected chi connectivity index (χ3v) is 2.87. The Morgan fingerprint density at radius 2 is 2.08 bits per heavy atom. The summed E-state index contributed by atoms with van der Waals surface area (Å²) in [5.74, 6) is -0.743. The van der Waals surface area contributed by atoms with E-state index in [-0.39, 0.29) is 30.3 Å². The van der Waals surface area contributed by atoms with E-state index in [0.29, 0.717) is 12.0 Å². The van der Waals surface area contributed by atoms with Gasteiger partial charge in [0.15, 0.2) is 11.5 Å². The van der Waals surface area contributed by atoms with Crippen LogP contribution < -0.4 is 9.47 Å². The summed E-state index contributed by atoms with van der Waals surface area (Å²) in [5.41, 5.74) is 0.250. The molecule has 1 aromatic carbocycles. The Bertz CT molecular complexity index is 624. The molecule has 0 aliphatic heterocycles. The standard InChI is InChI=1S/C17H19F2NO4/c1-3-5-8-23-16(21)13(11-20)9-12-6-7-14(24-17(18)19)15(10-12)22-4-2/h6-7,9-10,17H,3-5,8H2,1-2H3/b13-9-. The number of halogens is 2. The molecule has 0 atom stereocenters. The van der Waals surface area contributed by atoms with Gasteiger partial charge in [0, 0.05) is 0 Å². The van der Waals surface area contributed by atoms with Crippen molar-refractivity contribution in [2.24, 2.45) is 0 Å². The third-order valence-electron chi connectivity index (χ3n) is 2.87. The van der Waals surface area contributed by atoms with Gasteiger partial charge in [0.25, 0.3) is 0 Å². The van der Waals surface area contributed by atoms with Gasteiger partial charge in [-0.25, -0.2) is 4.79 Å². The maximum Gasteiger partial charge on any atom is 0.387 e. The number of nitrogens with zero attached hydrogens (tertiary/aromatic N) is 1. The Balaban J connectivity index is 3.00. The van der Waals surface area contributed by atoms with Crippen molar-refractivity contribution in [2.75, 3.05) is 13.2 Å². The summed E-state index contributed by atoms with van der Waals surface area (Å²) in [4.78, 5) is 11.8. The number of hydrogen-bond acceptors (Lipinski definition) is 5. The summed E-state index contributed by atoms with van der Waals surface area (Å²) in [6.07, 6.45) is 2.88. The fourth-order valence-electron chi connectivity index (χ4n) is 1.77. The quantitative estimate of drug-likeness (QED) is 0.295. The van der Waals surface area contributed by atoms with Gasteiger partial charge in [0.1, 0.15) is 11.6 Å². The summed E-state index contributed by atoms with van der Waals surface area (Å²) in [6.45, 7) is 1.15. The number of esters is 1. The van der Waals surface area contributed by atoms with E-state index in [1.54, 1.807) is 13.0 Å². The molecule has 0 unspecified atom stereocenters. The molecule has 1 aromatic rings. The van der Waals surface area contributed by atoms with Gasteiger partial charge in [-0.3, -0.25) is 0 Å². The predicted octanol–water partition coefficient (Wildman–Crippen LogP) is 3.94. The molecule has 24 heavy (non-hydrogen) atoms. The van der Waals surface area contributed by atoms with Crippen LogP contribution in [0.15, 0.2) is 23.8 Å². The van der Waals surface area contributed by atoms with Crippen molar-refractivity contribution in [1.82, 2.24) is 0 Å². The second kappa shape index (κ2) is 10.2. The SMILES string of the molecule is CCCCOC(=O)/C(C#N)=C\c1ccc(OC(F)F)c(OCC)c1. The van der Waals surface area contributed by atoms with E-state index < -0.39 is 12.6 Å². The first-order valence-corrected chi connectivity index (χ1v) is 7.52. The van der Waals surface area contributed by atoms with Crippen LogP contribution in [0.2, 0.25) is 0 Å². The number of rotatable bonds is 9. The lowest BCUT2D eigenvalue weighted by molar-refractivity contribution is -0.138. The van der Waals surface area contributed by atoms with E-state index in [1.807, 2.05) is 6.92 Å². The Morgan fingerprint density at radius 1 is 1.33 bits per heavy atom. The van der Waals surface area contributed by atoms with Crippen LogP contribution in [0.5, 0.6) is 11.5 Å². The molecule has 0 aromatic heterocycles. The molecule has 0 fully saturated rings. The number of carbonyl (C=O) groups excluding carboxylic acids is 1. The van der Waals surface area contributed by atoms with Crippen LogP contribution in [0.4, 0.5) is 8.78 Å². The van der Waals surface area contributed by atoms with E-state index in [1.165, 1.54) is 24.3 Å². The molecule has 5 nitrogen and oxygen atoms in total. The van der Waals surface area contributed by atoms with Gasteiger partial charge in [-0.2, -0.15) is 14.0 Å². The zero-order chi connectivity index (χ0) is 17.9. The number of alkyl halides is 2. The van der Waals surface area contributed by atoms with E-state index in [0.717, 1.165) is 6.42 Å². The highest BCUT2D eigenvalue weighted by Gasteiger charge is 2.14. The molecule has 0 aliphatic rings. The highest BCUT2D eigenvalue weighted by molar-refractivity contribution is 5.97. The van der Waals surface area contributed by atoms with Gasteiger partial charge in [0.2, 0.25) is 0 Å². The van der Waals surface area contributed by atoms with Gasteiger partial charge < -0.3 is 14.2 Å². The molecule has 0 heterocycles. The third kappa shape index (κ3) is 6.24. The van der Waals surface area contributed by atoms with Crippen molar-refractivity contribution in [3.8, 4) is 17.6 Å². The van der Waals surface area contributed by atoms with Crippen molar-refractivity contribution in [3.05, 3.63) is 29.3 Å². The number of carbonyl (C=O) groups is 1. The largest absolute Gasteiger partial charge is 0.490 e. The van der Waals surface area contributed by atoms with Crippen LogP contribution in [-0.4, -0.2) is 25.8 Å². The summed E-state index contributed by atoms with van der Waals surface area (Å²) >= 11 is 0. The zero-order valence-corrected chi connectivity index (χ0v) is 13.6. The van der Waals surface area contributed by atoms with Crippen LogP contribution in [0, 0.1) is 11.3 Å². The molecule has 0 spiro atoms. The molecule has 0 aliphatic carbocycles. The Kier molecular flexibility index (Phi) is 8.26. The molecule has 0 radical (unpaired) electrons. The normalized spacial score (nSPS) is 11.1. The van der Waals surface area contributed by atoms with E-state index >= 15 is 0 Å². The molecule has 0 bridgehead atoms. The average Bonchev–Trinajstić information content (AvgIpc) is 2.54. The zero-order valence-electron chi connectivity index (χ0n) is 13.6. The van der Waals surface area contributed by atoms with Gasteiger partial charge in [0.05, 0.1) is 13.2 Å². The molecule has 0 amide bonds. The van der Waals surface area contributed by atoms with Crippen LogP contribution in [0.25, 0.3) is 6.08 Å². The summed E-state index contributed by atoms with van der Waals surface area (Å²) in [6, 6.07) is 5.92. The second-order valence-corrected chi connectivity index (χ2v) is 4.68. The molecular formula is C17H19F2NO4. The van der Waals surface area contributed by atoms with Gasteiger partial charge in [-0.05, 0) is 37.1 Å². The number of unbranched alkanes of at least 4 members (excludes halogenated alkanes) is 1. The molecule has 7 heteroatoms. The van der Waals surface area contributed by atoms with Gasteiger partial charge in [-0.15, -0.1) is 0 Å². The van der Waals surface area contributed by atoms with Crippen LogP contribution in [-0.2, 0) is 9.53 Å². The first-order valence-electron chi connectivity index (χ1n) is 7.52. The minimum atomic E-state index is -2.98. The summed E-state index contributed by atoms with van der Waals surface area (Å²) < 4.78 is 39.3. The average molecular weight is 339 g/mol. The molecule has 130 valence electrons. The minimum Gasteiger partial charge on any atom is -0.490 e.